The zero-order valence-corrected chi connectivity index (χ0v) is 19.6. The van der Waals surface area contributed by atoms with Crippen LogP contribution in [0.5, 0.6) is 0 Å². The summed E-state index contributed by atoms with van der Waals surface area (Å²) < 4.78 is 19.6. The number of aliphatic carboxylic acids is 1. The molecule has 2 aliphatic heterocycles. The number of nitrogens with zero attached hydrogens (tertiary/aromatic N) is 2. The largest absolute Gasteiger partial charge is 0.481 e. The van der Waals surface area contributed by atoms with Crippen molar-refractivity contribution >= 4 is 23.8 Å². The van der Waals surface area contributed by atoms with Gasteiger partial charge in [-0.25, -0.2) is 4.39 Å². The van der Waals surface area contributed by atoms with Gasteiger partial charge in [-0.15, -0.1) is 0 Å². The summed E-state index contributed by atoms with van der Waals surface area (Å²) in [5.74, 6) is -5.58. The lowest BCUT2D eigenvalue weighted by atomic mass is 9.72. The van der Waals surface area contributed by atoms with Crippen molar-refractivity contribution in [1.82, 2.24) is 9.80 Å². The Balaban J connectivity index is 1.59. The van der Waals surface area contributed by atoms with Crippen molar-refractivity contribution in [2.45, 2.75) is 19.8 Å². The van der Waals surface area contributed by atoms with Gasteiger partial charge in [-0.3, -0.25) is 29.0 Å². The summed E-state index contributed by atoms with van der Waals surface area (Å²) in [6.07, 6.45) is 0. The number of benzene rings is 2. The van der Waals surface area contributed by atoms with Crippen LogP contribution in [0, 0.1) is 24.6 Å². The molecular weight excluding hydrogens is 455 g/mol. The van der Waals surface area contributed by atoms with Crippen LogP contribution < -0.4 is 0 Å². The average molecular weight is 483 g/mol. The summed E-state index contributed by atoms with van der Waals surface area (Å²) in [5.41, 5.74) is 1.45. The maximum atomic E-state index is 14.4. The number of fused-ring (bicyclic) bond motifs is 1. The fourth-order valence-electron chi connectivity index (χ4n) is 5.13. The van der Waals surface area contributed by atoms with Crippen LogP contribution in [-0.4, -0.2) is 71.4 Å². The second kappa shape index (κ2) is 9.95. The molecular formula is C26H27FN2O6. The molecule has 0 aliphatic carbocycles. The Kier molecular flexibility index (Phi) is 6.98. The van der Waals surface area contributed by atoms with E-state index in [0.717, 1.165) is 4.90 Å². The standard InChI is InChI=1S/C26H27FN2O6/c1-3-35-26(34)20-14-28(11-12-29-23(30)17-7-4-5-8-18(17)24(29)31)13-19(25(32)33)22(20)16-9-6-10-21(27)15(16)2/h4-10,19-20,22H,3,11-14H2,1-2H3,(H,32,33)/t19-,20+,22+/m1/s1. The molecule has 4 rings (SSSR count). The van der Waals surface area contributed by atoms with Crippen molar-refractivity contribution in [1.29, 1.82) is 0 Å². The first-order valence-electron chi connectivity index (χ1n) is 11.6. The summed E-state index contributed by atoms with van der Waals surface area (Å²) in [6, 6.07) is 11.0. The number of amides is 2. The lowest BCUT2D eigenvalue weighted by Gasteiger charge is -2.42. The Morgan fingerprint density at radius 1 is 1.00 bits per heavy atom. The molecule has 8 nitrogen and oxygen atoms in total. The van der Waals surface area contributed by atoms with Gasteiger partial charge in [-0.2, -0.15) is 0 Å². The van der Waals surface area contributed by atoms with E-state index in [0.29, 0.717) is 22.3 Å². The van der Waals surface area contributed by atoms with Crippen LogP contribution >= 0.6 is 0 Å². The predicted molar refractivity (Wildman–Crippen MR) is 123 cm³/mol. The van der Waals surface area contributed by atoms with E-state index in [9.17, 15) is 28.7 Å². The normalized spacial score (nSPS) is 22.3. The van der Waals surface area contributed by atoms with Crippen LogP contribution in [0.25, 0.3) is 0 Å². The van der Waals surface area contributed by atoms with E-state index in [4.69, 9.17) is 4.74 Å². The van der Waals surface area contributed by atoms with Gasteiger partial charge in [-0.1, -0.05) is 24.3 Å². The highest BCUT2D eigenvalue weighted by Gasteiger charge is 2.46. The molecule has 0 saturated carbocycles. The van der Waals surface area contributed by atoms with Gasteiger partial charge >= 0.3 is 11.9 Å². The van der Waals surface area contributed by atoms with Crippen molar-refractivity contribution in [3.05, 3.63) is 70.5 Å². The number of esters is 1. The molecule has 0 radical (unpaired) electrons. The van der Waals surface area contributed by atoms with Crippen molar-refractivity contribution in [3.8, 4) is 0 Å². The number of hydrogen-bond acceptors (Lipinski definition) is 6. The van der Waals surface area contributed by atoms with Gasteiger partial charge in [0.25, 0.3) is 11.8 Å². The first kappa shape index (κ1) is 24.5. The summed E-state index contributed by atoms with van der Waals surface area (Å²) in [6.45, 7) is 3.84. The second-order valence-corrected chi connectivity index (χ2v) is 8.85. The van der Waals surface area contributed by atoms with Crippen molar-refractivity contribution < 1.29 is 33.4 Å². The molecule has 2 heterocycles. The monoisotopic (exact) mass is 482 g/mol. The fourth-order valence-corrected chi connectivity index (χ4v) is 5.13. The number of carboxylic acid groups (broad SMARTS) is 1. The molecule has 2 aliphatic rings. The maximum Gasteiger partial charge on any atom is 0.310 e. The zero-order valence-electron chi connectivity index (χ0n) is 19.6. The Bertz CT molecular complexity index is 1150. The Morgan fingerprint density at radius 2 is 1.63 bits per heavy atom. The molecule has 1 N–H and O–H groups in total. The summed E-state index contributed by atoms with van der Waals surface area (Å²) in [7, 11) is 0. The molecule has 1 saturated heterocycles. The highest BCUT2D eigenvalue weighted by Crippen LogP contribution is 2.40. The summed E-state index contributed by atoms with van der Waals surface area (Å²) in [4.78, 5) is 53.6. The molecule has 2 aromatic carbocycles. The topological polar surface area (TPSA) is 104 Å². The number of imide groups is 1. The number of rotatable bonds is 7. The molecule has 0 unspecified atom stereocenters. The zero-order chi connectivity index (χ0) is 25.3. The number of halogens is 1. The molecule has 35 heavy (non-hydrogen) atoms. The molecule has 184 valence electrons. The van der Waals surface area contributed by atoms with Crippen LogP contribution in [0.15, 0.2) is 42.5 Å². The van der Waals surface area contributed by atoms with Crippen LogP contribution in [0.2, 0.25) is 0 Å². The van der Waals surface area contributed by atoms with Gasteiger partial charge < -0.3 is 9.84 Å². The molecule has 3 atom stereocenters. The van der Waals surface area contributed by atoms with E-state index in [-0.39, 0.29) is 32.8 Å². The van der Waals surface area contributed by atoms with E-state index in [2.05, 4.69) is 0 Å². The van der Waals surface area contributed by atoms with Crippen molar-refractivity contribution in [3.63, 3.8) is 0 Å². The molecule has 0 spiro atoms. The quantitative estimate of drug-likeness (QED) is 0.478. The predicted octanol–water partition coefficient (Wildman–Crippen LogP) is 2.71. The third-order valence-electron chi connectivity index (χ3n) is 6.87. The lowest BCUT2D eigenvalue weighted by Crippen LogP contribution is -2.52. The summed E-state index contributed by atoms with van der Waals surface area (Å²) in [5, 5.41) is 10.1. The van der Waals surface area contributed by atoms with Gasteiger partial charge in [0.15, 0.2) is 0 Å². The molecule has 1 fully saturated rings. The van der Waals surface area contributed by atoms with E-state index >= 15 is 0 Å². The molecule has 2 aromatic rings. The Hall–Kier alpha value is -3.59. The van der Waals surface area contributed by atoms with Gasteiger partial charge in [0.2, 0.25) is 0 Å². The number of ether oxygens (including phenoxy) is 1. The number of carboxylic acids is 1. The van der Waals surface area contributed by atoms with Crippen molar-refractivity contribution in [2.75, 3.05) is 32.8 Å². The molecule has 9 heteroatoms. The maximum absolute atomic E-state index is 14.4. The highest BCUT2D eigenvalue weighted by atomic mass is 19.1. The molecule has 0 bridgehead atoms. The van der Waals surface area contributed by atoms with Gasteiger partial charge in [0, 0.05) is 32.1 Å². The van der Waals surface area contributed by atoms with Gasteiger partial charge in [-0.05, 0) is 43.2 Å². The molecule has 0 aromatic heterocycles. The SMILES string of the molecule is CCOC(=O)[C@H]1CN(CCN2C(=O)c3ccccc3C2=O)C[C@@H](C(=O)O)[C@@H]1c1cccc(F)c1C. The highest BCUT2D eigenvalue weighted by molar-refractivity contribution is 6.21. The van der Waals surface area contributed by atoms with Crippen LogP contribution in [-0.2, 0) is 14.3 Å². The summed E-state index contributed by atoms with van der Waals surface area (Å²) >= 11 is 0. The van der Waals surface area contributed by atoms with Crippen LogP contribution in [0.3, 0.4) is 0 Å². The number of hydrogen-bond donors (Lipinski definition) is 1. The Morgan fingerprint density at radius 3 is 2.23 bits per heavy atom. The van der Waals surface area contributed by atoms with Gasteiger partial charge in [0.05, 0.1) is 29.6 Å². The minimum absolute atomic E-state index is 0.0535. The number of carbonyl (C=O) groups is 4. The van der Waals surface area contributed by atoms with Gasteiger partial charge in [0.1, 0.15) is 5.82 Å². The third-order valence-corrected chi connectivity index (χ3v) is 6.87. The second-order valence-electron chi connectivity index (χ2n) is 8.85. The lowest BCUT2D eigenvalue weighted by molar-refractivity contribution is -0.155. The Labute approximate surface area is 202 Å². The minimum Gasteiger partial charge on any atom is -0.481 e. The first-order valence-corrected chi connectivity index (χ1v) is 11.6. The van der Waals surface area contributed by atoms with Crippen LogP contribution in [0.4, 0.5) is 4.39 Å². The average Bonchev–Trinajstić information content (AvgIpc) is 3.08. The van der Waals surface area contributed by atoms with E-state index in [1.54, 1.807) is 49.1 Å². The fraction of sp³-hybridized carbons (Fsp3) is 0.385. The number of carbonyl (C=O) groups excluding carboxylic acids is 3. The van der Waals surface area contributed by atoms with E-state index < -0.39 is 47.3 Å². The first-order chi connectivity index (χ1) is 16.7. The molecule has 2 amide bonds. The number of piperidine rings is 1. The minimum atomic E-state index is -1.11. The van der Waals surface area contributed by atoms with E-state index in [1.807, 2.05) is 0 Å². The van der Waals surface area contributed by atoms with Crippen molar-refractivity contribution in [2.24, 2.45) is 11.8 Å². The van der Waals surface area contributed by atoms with Crippen LogP contribution in [0.1, 0.15) is 44.7 Å². The third kappa shape index (κ3) is 4.55. The van der Waals surface area contributed by atoms with E-state index in [1.165, 1.54) is 12.1 Å². The smallest absolute Gasteiger partial charge is 0.310 e. The number of likely N-dealkylation sites (tertiary alicyclic amines) is 1.